The first-order valence-electron chi connectivity index (χ1n) is 5.07. The second kappa shape index (κ2) is 5.11. The molecule has 0 aliphatic heterocycles. The van der Waals surface area contributed by atoms with Crippen LogP contribution >= 0.6 is 11.3 Å². The van der Waals surface area contributed by atoms with Crippen LogP contribution in [-0.4, -0.2) is 34.6 Å². The third-order valence-corrected chi connectivity index (χ3v) is 3.15. The first kappa shape index (κ1) is 11.8. The van der Waals surface area contributed by atoms with Crippen molar-refractivity contribution in [3.05, 3.63) is 29.3 Å². The van der Waals surface area contributed by atoms with Crippen LogP contribution in [0.3, 0.4) is 0 Å². The third kappa shape index (κ3) is 2.37. The largest absolute Gasteiger partial charge is 0.464 e. The van der Waals surface area contributed by atoms with Gasteiger partial charge in [0.05, 0.1) is 25.1 Å². The van der Waals surface area contributed by atoms with E-state index in [0.717, 1.165) is 4.88 Å². The minimum atomic E-state index is -0.450. The quantitative estimate of drug-likeness (QED) is 0.835. The number of aromatic nitrogens is 2. The van der Waals surface area contributed by atoms with Gasteiger partial charge in [0.15, 0.2) is 0 Å². The van der Waals surface area contributed by atoms with E-state index in [1.807, 2.05) is 17.5 Å². The molecule has 0 unspecified atom stereocenters. The molecule has 0 fully saturated rings. The van der Waals surface area contributed by atoms with Gasteiger partial charge in [0.2, 0.25) is 0 Å². The van der Waals surface area contributed by atoms with Crippen LogP contribution in [0.25, 0.3) is 10.6 Å². The van der Waals surface area contributed by atoms with Crippen LogP contribution in [0, 0.1) is 0 Å². The van der Waals surface area contributed by atoms with Gasteiger partial charge >= 0.3 is 5.97 Å². The standard InChI is InChI=1S/C11H12N2O3S/c1-16-11(15)9-7-8(10-3-2-6-17-10)12-13(9)4-5-14/h2-3,6-7,14H,4-5H2,1H3. The van der Waals surface area contributed by atoms with Crippen molar-refractivity contribution in [1.29, 1.82) is 0 Å². The van der Waals surface area contributed by atoms with E-state index in [9.17, 15) is 4.79 Å². The highest BCUT2D eigenvalue weighted by molar-refractivity contribution is 7.13. The lowest BCUT2D eigenvalue weighted by atomic mass is 10.3. The zero-order valence-corrected chi connectivity index (χ0v) is 10.1. The van der Waals surface area contributed by atoms with E-state index in [1.165, 1.54) is 11.8 Å². The maximum absolute atomic E-state index is 11.5. The van der Waals surface area contributed by atoms with E-state index in [0.29, 0.717) is 11.4 Å². The van der Waals surface area contributed by atoms with Gasteiger partial charge in [0.1, 0.15) is 11.4 Å². The molecule has 0 amide bonds. The Bertz CT molecular complexity index is 505. The van der Waals surface area contributed by atoms with E-state index < -0.39 is 5.97 Å². The Hall–Kier alpha value is -1.66. The molecule has 2 heterocycles. The van der Waals surface area contributed by atoms with Gasteiger partial charge in [-0.05, 0) is 17.5 Å². The van der Waals surface area contributed by atoms with E-state index in [2.05, 4.69) is 9.84 Å². The number of thiophene rings is 1. The van der Waals surface area contributed by atoms with Crippen molar-refractivity contribution < 1.29 is 14.6 Å². The van der Waals surface area contributed by atoms with E-state index in [-0.39, 0.29) is 13.2 Å². The number of rotatable bonds is 4. The van der Waals surface area contributed by atoms with E-state index >= 15 is 0 Å². The molecule has 5 nitrogen and oxygen atoms in total. The highest BCUT2D eigenvalue weighted by atomic mass is 32.1. The Morgan fingerprint density at radius 2 is 2.47 bits per heavy atom. The molecule has 0 atom stereocenters. The van der Waals surface area contributed by atoms with Gasteiger partial charge in [-0.3, -0.25) is 4.68 Å². The predicted molar refractivity (Wildman–Crippen MR) is 64.0 cm³/mol. The number of methoxy groups -OCH3 is 1. The smallest absolute Gasteiger partial charge is 0.356 e. The Kier molecular flexibility index (Phi) is 3.55. The molecular weight excluding hydrogens is 240 g/mol. The summed E-state index contributed by atoms with van der Waals surface area (Å²) in [6.45, 7) is 0.200. The summed E-state index contributed by atoms with van der Waals surface area (Å²) in [6.07, 6.45) is 0. The van der Waals surface area contributed by atoms with Crippen LogP contribution in [0.4, 0.5) is 0 Å². The first-order chi connectivity index (χ1) is 8.26. The molecule has 1 N–H and O–H groups in total. The Balaban J connectivity index is 2.40. The van der Waals surface area contributed by atoms with Crippen LogP contribution in [0.2, 0.25) is 0 Å². The number of esters is 1. The van der Waals surface area contributed by atoms with E-state index in [1.54, 1.807) is 17.4 Å². The molecule has 90 valence electrons. The van der Waals surface area contributed by atoms with Crippen molar-refractivity contribution in [2.45, 2.75) is 6.54 Å². The maximum atomic E-state index is 11.5. The van der Waals surface area contributed by atoms with Crippen molar-refractivity contribution >= 4 is 17.3 Å². The second-order valence-electron chi connectivity index (χ2n) is 3.33. The molecule has 0 saturated carbocycles. The summed E-state index contributed by atoms with van der Waals surface area (Å²) >= 11 is 1.55. The average molecular weight is 252 g/mol. The molecular formula is C11H12N2O3S. The molecule has 2 aromatic rings. The minimum absolute atomic E-state index is 0.0739. The highest BCUT2D eigenvalue weighted by Crippen LogP contribution is 2.24. The van der Waals surface area contributed by atoms with Crippen molar-refractivity contribution in [3.8, 4) is 10.6 Å². The van der Waals surface area contributed by atoms with Gasteiger partial charge in [-0.1, -0.05) is 6.07 Å². The molecule has 17 heavy (non-hydrogen) atoms. The second-order valence-corrected chi connectivity index (χ2v) is 4.28. The van der Waals surface area contributed by atoms with E-state index in [4.69, 9.17) is 5.11 Å². The Morgan fingerprint density at radius 1 is 1.65 bits per heavy atom. The maximum Gasteiger partial charge on any atom is 0.356 e. The van der Waals surface area contributed by atoms with Crippen LogP contribution in [-0.2, 0) is 11.3 Å². The molecule has 0 spiro atoms. The lowest BCUT2D eigenvalue weighted by Gasteiger charge is -2.02. The summed E-state index contributed by atoms with van der Waals surface area (Å²) in [5, 5.41) is 15.1. The van der Waals surface area contributed by atoms with Gasteiger partial charge in [-0.15, -0.1) is 11.3 Å². The number of nitrogens with zero attached hydrogens (tertiary/aromatic N) is 2. The molecule has 0 aromatic carbocycles. The number of aliphatic hydroxyl groups excluding tert-OH is 1. The third-order valence-electron chi connectivity index (χ3n) is 2.26. The van der Waals surface area contributed by atoms with Gasteiger partial charge in [0.25, 0.3) is 0 Å². The van der Waals surface area contributed by atoms with Crippen molar-refractivity contribution in [2.75, 3.05) is 13.7 Å². The first-order valence-corrected chi connectivity index (χ1v) is 5.95. The number of carbonyl (C=O) groups excluding carboxylic acids is 1. The minimum Gasteiger partial charge on any atom is -0.464 e. The normalized spacial score (nSPS) is 10.5. The summed E-state index contributed by atoms with van der Waals surface area (Å²) < 4.78 is 6.14. The highest BCUT2D eigenvalue weighted by Gasteiger charge is 2.16. The fraction of sp³-hybridized carbons (Fsp3) is 0.273. The van der Waals surface area contributed by atoms with Crippen LogP contribution < -0.4 is 0 Å². The lowest BCUT2D eigenvalue weighted by molar-refractivity contribution is 0.0585. The molecule has 0 aliphatic rings. The predicted octanol–water partition coefficient (Wildman–Crippen LogP) is 1.39. The van der Waals surface area contributed by atoms with Crippen molar-refractivity contribution in [2.24, 2.45) is 0 Å². The Morgan fingerprint density at radius 3 is 3.06 bits per heavy atom. The van der Waals surface area contributed by atoms with Gasteiger partial charge in [-0.25, -0.2) is 4.79 Å². The fourth-order valence-electron chi connectivity index (χ4n) is 1.50. The number of hydrogen-bond acceptors (Lipinski definition) is 5. The number of ether oxygens (including phenoxy) is 1. The topological polar surface area (TPSA) is 64.3 Å². The molecule has 0 bridgehead atoms. The molecule has 6 heteroatoms. The van der Waals surface area contributed by atoms with Crippen LogP contribution in [0.15, 0.2) is 23.6 Å². The van der Waals surface area contributed by atoms with Gasteiger partial charge < -0.3 is 9.84 Å². The zero-order chi connectivity index (χ0) is 12.3. The summed E-state index contributed by atoms with van der Waals surface area (Å²) in [5.74, 6) is -0.450. The number of hydrogen-bond donors (Lipinski definition) is 1. The zero-order valence-electron chi connectivity index (χ0n) is 9.29. The molecule has 0 aliphatic carbocycles. The van der Waals surface area contributed by atoms with Gasteiger partial charge in [-0.2, -0.15) is 5.10 Å². The summed E-state index contributed by atoms with van der Waals surface area (Å²) in [5.41, 5.74) is 1.07. The summed E-state index contributed by atoms with van der Waals surface area (Å²) in [6, 6.07) is 5.52. The van der Waals surface area contributed by atoms with Crippen molar-refractivity contribution in [3.63, 3.8) is 0 Å². The number of aliphatic hydroxyl groups is 1. The van der Waals surface area contributed by atoms with Crippen molar-refractivity contribution in [1.82, 2.24) is 9.78 Å². The Labute approximate surface area is 102 Å². The molecule has 2 rings (SSSR count). The molecule has 2 aromatic heterocycles. The lowest BCUT2D eigenvalue weighted by Crippen LogP contribution is -2.13. The van der Waals surface area contributed by atoms with Gasteiger partial charge in [0, 0.05) is 0 Å². The molecule has 0 saturated heterocycles. The fourth-order valence-corrected chi connectivity index (χ4v) is 2.18. The monoisotopic (exact) mass is 252 g/mol. The number of carbonyl (C=O) groups is 1. The SMILES string of the molecule is COC(=O)c1cc(-c2cccs2)nn1CCO. The summed E-state index contributed by atoms with van der Waals surface area (Å²) in [7, 11) is 1.32. The van der Waals surface area contributed by atoms with Crippen LogP contribution in [0.1, 0.15) is 10.5 Å². The van der Waals surface area contributed by atoms with Crippen LogP contribution in [0.5, 0.6) is 0 Å². The molecule has 0 radical (unpaired) electrons. The summed E-state index contributed by atoms with van der Waals surface area (Å²) in [4.78, 5) is 12.5. The average Bonchev–Trinajstić information content (AvgIpc) is 2.96.